The van der Waals surface area contributed by atoms with Crippen molar-refractivity contribution in [3.05, 3.63) is 65.7 Å². The molecule has 0 spiro atoms. The van der Waals surface area contributed by atoms with Crippen LogP contribution in [0, 0.1) is 0 Å². The second kappa shape index (κ2) is 15.5. The fourth-order valence-corrected chi connectivity index (χ4v) is 3.12. The summed E-state index contributed by atoms with van der Waals surface area (Å²) in [6.07, 6.45) is -0.613. The van der Waals surface area contributed by atoms with Gasteiger partial charge in [0.2, 0.25) is 5.91 Å². The van der Waals surface area contributed by atoms with Crippen LogP contribution in [-0.4, -0.2) is 54.2 Å². The van der Waals surface area contributed by atoms with E-state index >= 15 is 0 Å². The first-order chi connectivity index (χ1) is 15.4. The summed E-state index contributed by atoms with van der Waals surface area (Å²) in [5.74, 6) is 1.22. The van der Waals surface area contributed by atoms with Gasteiger partial charge in [-0.1, -0.05) is 42.5 Å². The third kappa shape index (κ3) is 10.4. The molecule has 0 heterocycles. The molecule has 3 N–H and O–H groups in total. The van der Waals surface area contributed by atoms with Crippen molar-refractivity contribution < 1.29 is 14.6 Å². The second-order valence-corrected chi connectivity index (χ2v) is 7.72. The van der Waals surface area contributed by atoms with Crippen molar-refractivity contribution in [2.24, 2.45) is 4.99 Å². The van der Waals surface area contributed by atoms with Gasteiger partial charge in [-0.15, -0.1) is 24.0 Å². The Kier molecular flexibility index (Phi) is 13.5. The minimum absolute atomic E-state index is 0. The molecule has 0 saturated heterocycles. The highest BCUT2D eigenvalue weighted by atomic mass is 127. The number of hydrogen-bond acceptors (Lipinski definition) is 4. The van der Waals surface area contributed by atoms with Crippen LogP contribution >= 0.6 is 24.0 Å². The molecule has 33 heavy (non-hydrogen) atoms. The number of likely N-dealkylation sites (N-methyl/N-ethyl adjacent to an activating group) is 1. The van der Waals surface area contributed by atoms with Crippen molar-refractivity contribution >= 4 is 35.8 Å². The van der Waals surface area contributed by atoms with Gasteiger partial charge >= 0.3 is 0 Å². The Morgan fingerprint density at radius 3 is 2.30 bits per heavy atom. The van der Waals surface area contributed by atoms with E-state index < -0.39 is 6.10 Å². The summed E-state index contributed by atoms with van der Waals surface area (Å²) in [7, 11) is 0. The Labute approximate surface area is 214 Å². The number of benzene rings is 2. The second-order valence-electron chi connectivity index (χ2n) is 7.72. The van der Waals surface area contributed by atoms with Gasteiger partial charge in [0.05, 0.1) is 12.2 Å². The highest BCUT2D eigenvalue weighted by Gasteiger charge is 2.13. The molecule has 1 atom stereocenters. The molecule has 7 nitrogen and oxygen atoms in total. The Morgan fingerprint density at radius 2 is 1.73 bits per heavy atom. The maximum atomic E-state index is 12.7. The number of hydrogen-bond donors (Lipinski definition) is 3. The first kappa shape index (κ1) is 28.7. The Balaban J connectivity index is 0.00000544. The number of carbonyl (C=O) groups is 1. The third-order valence-corrected chi connectivity index (χ3v) is 4.77. The summed E-state index contributed by atoms with van der Waals surface area (Å²) in [4.78, 5) is 18.8. The zero-order valence-electron chi connectivity index (χ0n) is 20.0. The normalized spacial score (nSPS) is 12.0. The lowest BCUT2D eigenvalue weighted by Gasteiger charge is -2.21. The first-order valence-corrected chi connectivity index (χ1v) is 11.2. The number of aliphatic hydroxyl groups is 1. The fraction of sp³-hybridized carbons (Fsp3) is 0.440. The van der Waals surface area contributed by atoms with E-state index in [1.165, 1.54) is 0 Å². The maximum Gasteiger partial charge on any atom is 0.244 e. The van der Waals surface area contributed by atoms with Crippen LogP contribution in [0.2, 0.25) is 0 Å². The van der Waals surface area contributed by atoms with E-state index in [0.29, 0.717) is 25.6 Å². The number of amides is 1. The lowest BCUT2D eigenvalue weighted by molar-refractivity contribution is -0.130. The quantitative estimate of drug-likeness (QED) is 0.219. The minimum Gasteiger partial charge on any atom is -0.491 e. The number of carbonyl (C=O) groups excluding carboxylic acids is 1. The number of nitrogens with one attached hydrogen (secondary N) is 2. The van der Waals surface area contributed by atoms with E-state index in [-0.39, 0.29) is 49.1 Å². The number of aliphatic hydroxyl groups excluding tert-OH is 1. The molecule has 0 bridgehead atoms. The van der Waals surface area contributed by atoms with Gasteiger partial charge < -0.3 is 25.4 Å². The van der Waals surface area contributed by atoms with Crippen LogP contribution < -0.4 is 15.4 Å². The van der Waals surface area contributed by atoms with Gasteiger partial charge in [0.1, 0.15) is 12.3 Å². The fourth-order valence-electron chi connectivity index (χ4n) is 3.12. The average Bonchev–Trinajstić information content (AvgIpc) is 2.79. The molecule has 182 valence electrons. The summed E-state index contributed by atoms with van der Waals surface area (Å²) in [6, 6.07) is 17.3. The molecule has 0 radical (unpaired) electrons. The van der Waals surface area contributed by atoms with E-state index in [4.69, 9.17) is 4.74 Å². The molecule has 2 rings (SSSR count). The maximum absolute atomic E-state index is 12.7. The van der Waals surface area contributed by atoms with Gasteiger partial charge in [-0.05, 0) is 51.0 Å². The Morgan fingerprint density at radius 1 is 1.06 bits per heavy atom. The van der Waals surface area contributed by atoms with Crippen molar-refractivity contribution in [2.75, 3.05) is 26.2 Å². The van der Waals surface area contributed by atoms with Gasteiger partial charge in [-0.25, -0.2) is 4.99 Å². The van der Waals surface area contributed by atoms with Gasteiger partial charge in [-0.3, -0.25) is 4.79 Å². The molecule has 2 aromatic rings. The van der Waals surface area contributed by atoms with Gasteiger partial charge in [0, 0.05) is 26.2 Å². The molecule has 0 aliphatic heterocycles. The first-order valence-electron chi connectivity index (χ1n) is 11.2. The van der Waals surface area contributed by atoms with Crippen molar-refractivity contribution in [1.29, 1.82) is 0 Å². The van der Waals surface area contributed by atoms with Crippen molar-refractivity contribution in [2.45, 2.75) is 46.4 Å². The Hall–Kier alpha value is -2.33. The lowest BCUT2D eigenvalue weighted by atomic mass is 10.1. The number of nitrogens with zero attached hydrogens (tertiary/aromatic N) is 2. The number of halogens is 1. The molecule has 0 aliphatic carbocycles. The number of rotatable bonds is 11. The largest absolute Gasteiger partial charge is 0.491 e. The predicted octanol–water partition coefficient (Wildman–Crippen LogP) is 3.73. The third-order valence-electron chi connectivity index (χ3n) is 4.77. The molecule has 0 aromatic heterocycles. The molecule has 0 saturated carbocycles. The summed E-state index contributed by atoms with van der Waals surface area (Å²) >= 11 is 0. The Bertz CT molecular complexity index is 844. The van der Waals surface area contributed by atoms with Crippen LogP contribution in [0.1, 0.15) is 44.9 Å². The standard InChI is InChI=1S/C25H36N4O3.HI/c1-5-26-25(27-16-23(30)21-12-14-22(15-13-21)32-19(3)4)28-17-24(31)29(6-2)18-20-10-8-7-9-11-20;/h7-15,19,23,30H,5-6,16-18H2,1-4H3,(H2,26,27,28);1H. The van der Waals surface area contributed by atoms with Gasteiger partial charge in [0.15, 0.2) is 5.96 Å². The van der Waals surface area contributed by atoms with Crippen LogP contribution in [0.5, 0.6) is 5.75 Å². The molecule has 1 unspecified atom stereocenters. The van der Waals surface area contributed by atoms with E-state index in [2.05, 4.69) is 15.6 Å². The van der Waals surface area contributed by atoms with E-state index in [0.717, 1.165) is 16.9 Å². The summed E-state index contributed by atoms with van der Waals surface area (Å²) in [6.45, 7) is 9.99. The summed E-state index contributed by atoms with van der Waals surface area (Å²) < 4.78 is 5.64. The monoisotopic (exact) mass is 568 g/mol. The summed E-state index contributed by atoms with van der Waals surface area (Å²) in [5, 5.41) is 16.8. The lowest BCUT2D eigenvalue weighted by Crippen LogP contribution is -2.40. The molecule has 2 aromatic carbocycles. The molecule has 0 fully saturated rings. The SMILES string of the molecule is CCNC(=NCC(=O)N(CC)Cc1ccccc1)NCC(O)c1ccc(OC(C)C)cc1.I. The van der Waals surface area contributed by atoms with E-state index in [1.54, 1.807) is 4.90 Å². The van der Waals surface area contributed by atoms with Crippen molar-refractivity contribution in [1.82, 2.24) is 15.5 Å². The minimum atomic E-state index is -0.715. The summed E-state index contributed by atoms with van der Waals surface area (Å²) in [5.41, 5.74) is 1.87. The highest BCUT2D eigenvalue weighted by molar-refractivity contribution is 14.0. The number of ether oxygens (including phenoxy) is 1. The van der Waals surface area contributed by atoms with Crippen molar-refractivity contribution in [3.8, 4) is 5.75 Å². The highest BCUT2D eigenvalue weighted by Crippen LogP contribution is 2.18. The zero-order chi connectivity index (χ0) is 23.3. The molecule has 1 amide bonds. The zero-order valence-corrected chi connectivity index (χ0v) is 22.3. The van der Waals surface area contributed by atoms with E-state index in [1.807, 2.05) is 82.3 Å². The predicted molar refractivity (Wildman–Crippen MR) is 144 cm³/mol. The van der Waals surface area contributed by atoms with Crippen LogP contribution in [0.4, 0.5) is 0 Å². The molecule has 8 heteroatoms. The molecule has 0 aliphatic rings. The van der Waals surface area contributed by atoms with Crippen molar-refractivity contribution in [3.63, 3.8) is 0 Å². The van der Waals surface area contributed by atoms with Gasteiger partial charge in [-0.2, -0.15) is 0 Å². The average molecular weight is 569 g/mol. The van der Waals surface area contributed by atoms with Crippen LogP contribution in [0.15, 0.2) is 59.6 Å². The van der Waals surface area contributed by atoms with Crippen LogP contribution in [0.3, 0.4) is 0 Å². The smallest absolute Gasteiger partial charge is 0.244 e. The van der Waals surface area contributed by atoms with Crippen LogP contribution in [0.25, 0.3) is 0 Å². The number of aliphatic imine (C=N–C) groups is 1. The molecular formula is C25H37IN4O3. The number of guanidine groups is 1. The molecular weight excluding hydrogens is 531 g/mol. The van der Waals surface area contributed by atoms with Crippen LogP contribution in [-0.2, 0) is 11.3 Å². The van der Waals surface area contributed by atoms with E-state index in [9.17, 15) is 9.90 Å². The topological polar surface area (TPSA) is 86.2 Å². The van der Waals surface area contributed by atoms with Gasteiger partial charge in [0.25, 0.3) is 0 Å².